The van der Waals surface area contributed by atoms with Crippen molar-refractivity contribution in [2.75, 3.05) is 13.1 Å². The van der Waals surface area contributed by atoms with Crippen LogP contribution in [-0.2, 0) is 24.0 Å². The normalized spacial score (nSPS) is 19.1. The molecule has 1 N–H and O–H groups in total. The van der Waals surface area contributed by atoms with Gasteiger partial charge < -0.3 is 14.7 Å². The molecule has 0 spiro atoms. The molecule has 4 nitrogen and oxygen atoms in total. The standard InChI is InChI=1S/C28H37NO3/c1-5-20-17-19(18-23-11-10-22-7-6-8-25(30)26(22)23)9-12-24(20)21-13-15-29(16-14-21)27(31)32-28(2,3)4/h6-9,12,17,21,23,30H,5,10-11,13-16,18H2,1-4H3/t23-/m1/s1. The van der Waals surface area contributed by atoms with E-state index in [-0.39, 0.29) is 6.09 Å². The van der Waals surface area contributed by atoms with E-state index in [1.54, 1.807) is 0 Å². The zero-order chi connectivity index (χ0) is 22.9. The van der Waals surface area contributed by atoms with Crippen molar-refractivity contribution in [3.05, 3.63) is 64.2 Å². The number of aryl methyl sites for hydroxylation is 2. The Bertz CT molecular complexity index is 967. The van der Waals surface area contributed by atoms with Gasteiger partial charge >= 0.3 is 6.09 Å². The van der Waals surface area contributed by atoms with Crippen molar-refractivity contribution in [2.45, 2.75) is 83.7 Å². The maximum Gasteiger partial charge on any atom is 0.410 e. The second-order valence-electron chi connectivity index (χ2n) is 10.4. The summed E-state index contributed by atoms with van der Waals surface area (Å²) in [5.74, 6) is 1.35. The molecule has 1 atom stereocenters. The van der Waals surface area contributed by atoms with E-state index in [4.69, 9.17) is 4.74 Å². The van der Waals surface area contributed by atoms with Gasteiger partial charge in [-0.05, 0) is 99.5 Å². The molecular formula is C28H37NO3. The second kappa shape index (κ2) is 9.17. The van der Waals surface area contributed by atoms with E-state index in [2.05, 4.69) is 31.2 Å². The Morgan fingerprint density at radius 1 is 1.12 bits per heavy atom. The van der Waals surface area contributed by atoms with Crippen molar-refractivity contribution in [3.8, 4) is 5.75 Å². The third kappa shape index (κ3) is 4.95. The minimum Gasteiger partial charge on any atom is -0.508 e. The van der Waals surface area contributed by atoms with Crippen LogP contribution < -0.4 is 0 Å². The number of rotatable bonds is 4. The van der Waals surface area contributed by atoms with E-state index in [0.29, 0.717) is 17.6 Å². The highest BCUT2D eigenvalue weighted by Gasteiger charge is 2.29. The highest BCUT2D eigenvalue weighted by atomic mass is 16.6. The summed E-state index contributed by atoms with van der Waals surface area (Å²) in [4.78, 5) is 14.2. The maximum absolute atomic E-state index is 12.4. The molecule has 1 fully saturated rings. The topological polar surface area (TPSA) is 49.8 Å². The molecule has 0 bridgehead atoms. The van der Waals surface area contributed by atoms with Gasteiger partial charge in [-0.15, -0.1) is 0 Å². The first kappa shape index (κ1) is 22.7. The largest absolute Gasteiger partial charge is 0.508 e. The van der Waals surface area contributed by atoms with Crippen LogP contribution in [0.2, 0.25) is 0 Å². The van der Waals surface area contributed by atoms with Crippen molar-refractivity contribution in [3.63, 3.8) is 0 Å². The Hall–Kier alpha value is -2.49. The minimum atomic E-state index is -0.449. The van der Waals surface area contributed by atoms with E-state index in [1.807, 2.05) is 37.8 Å². The van der Waals surface area contributed by atoms with Gasteiger partial charge in [-0.25, -0.2) is 4.79 Å². The highest BCUT2D eigenvalue weighted by molar-refractivity contribution is 5.68. The molecule has 2 aromatic rings. The van der Waals surface area contributed by atoms with Crippen LogP contribution in [0.15, 0.2) is 36.4 Å². The molecule has 4 heteroatoms. The fourth-order valence-electron chi connectivity index (χ4n) is 5.44. The van der Waals surface area contributed by atoms with Crippen LogP contribution >= 0.6 is 0 Å². The van der Waals surface area contributed by atoms with Crippen LogP contribution in [-0.4, -0.2) is 34.8 Å². The number of phenolic OH excluding ortho intramolecular Hbond substituents is 1. The molecule has 1 aliphatic heterocycles. The van der Waals surface area contributed by atoms with E-state index in [9.17, 15) is 9.90 Å². The molecule has 172 valence electrons. The van der Waals surface area contributed by atoms with Crippen molar-refractivity contribution in [2.24, 2.45) is 0 Å². The number of benzene rings is 2. The second-order valence-corrected chi connectivity index (χ2v) is 10.4. The number of hydrogen-bond donors (Lipinski definition) is 1. The summed E-state index contributed by atoms with van der Waals surface area (Å²) in [7, 11) is 0. The van der Waals surface area contributed by atoms with Crippen molar-refractivity contribution < 1.29 is 14.6 Å². The highest BCUT2D eigenvalue weighted by Crippen LogP contribution is 2.41. The lowest BCUT2D eigenvalue weighted by molar-refractivity contribution is 0.0204. The third-order valence-corrected chi connectivity index (χ3v) is 7.00. The van der Waals surface area contributed by atoms with Gasteiger partial charge in [0.05, 0.1) is 0 Å². The van der Waals surface area contributed by atoms with Crippen LogP contribution in [0.25, 0.3) is 0 Å². The SMILES string of the molecule is CCc1cc(C[C@H]2CCc3cccc(O)c32)ccc1C1CCN(C(=O)OC(C)(C)C)CC1. The number of piperidine rings is 1. The lowest BCUT2D eigenvalue weighted by atomic mass is 9.84. The van der Waals surface area contributed by atoms with Crippen molar-refractivity contribution in [1.82, 2.24) is 4.90 Å². The van der Waals surface area contributed by atoms with Crippen LogP contribution in [0.1, 0.15) is 86.6 Å². The minimum absolute atomic E-state index is 0.192. The zero-order valence-electron chi connectivity index (χ0n) is 20.0. The van der Waals surface area contributed by atoms with Gasteiger partial charge in [0.25, 0.3) is 0 Å². The average molecular weight is 436 g/mol. The van der Waals surface area contributed by atoms with E-state index in [1.165, 1.54) is 22.3 Å². The molecular weight excluding hydrogens is 398 g/mol. The lowest BCUT2D eigenvalue weighted by Gasteiger charge is -2.34. The fraction of sp³-hybridized carbons (Fsp3) is 0.536. The van der Waals surface area contributed by atoms with Gasteiger partial charge in [0.1, 0.15) is 11.4 Å². The summed E-state index contributed by atoms with van der Waals surface area (Å²) < 4.78 is 5.54. The maximum atomic E-state index is 12.4. The number of aromatic hydroxyl groups is 1. The molecule has 1 aliphatic carbocycles. The van der Waals surface area contributed by atoms with Gasteiger partial charge in [0, 0.05) is 18.7 Å². The Kier molecular flexibility index (Phi) is 6.50. The van der Waals surface area contributed by atoms with Gasteiger partial charge in [0.15, 0.2) is 0 Å². The van der Waals surface area contributed by atoms with Crippen molar-refractivity contribution in [1.29, 1.82) is 0 Å². The summed E-state index contributed by atoms with van der Waals surface area (Å²) in [5.41, 5.74) is 6.24. The van der Waals surface area contributed by atoms with Crippen LogP contribution in [0, 0.1) is 0 Å². The Balaban J connectivity index is 1.43. The van der Waals surface area contributed by atoms with E-state index < -0.39 is 5.60 Å². The molecule has 1 saturated heterocycles. The summed E-state index contributed by atoms with van der Waals surface area (Å²) in [6.45, 7) is 9.48. The summed E-state index contributed by atoms with van der Waals surface area (Å²) >= 11 is 0. The molecule has 0 radical (unpaired) electrons. The van der Waals surface area contributed by atoms with Gasteiger partial charge in [-0.2, -0.15) is 0 Å². The molecule has 0 unspecified atom stereocenters. The molecule has 32 heavy (non-hydrogen) atoms. The quantitative estimate of drug-likeness (QED) is 0.609. The number of nitrogens with zero attached hydrogens (tertiary/aromatic N) is 1. The molecule has 2 aliphatic rings. The van der Waals surface area contributed by atoms with E-state index >= 15 is 0 Å². The number of fused-ring (bicyclic) bond motifs is 1. The Labute approximate surface area is 192 Å². The lowest BCUT2D eigenvalue weighted by Crippen LogP contribution is -2.41. The average Bonchev–Trinajstić information content (AvgIpc) is 3.16. The molecule has 2 aromatic carbocycles. The Morgan fingerprint density at radius 2 is 1.88 bits per heavy atom. The number of amides is 1. The first-order chi connectivity index (χ1) is 15.2. The molecule has 1 heterocycles. The first-order valence-corrected chi connectivity index (χ1v) is 12.2. The van der Waals surface area contributed by atoms with Gasteiger partial charge in [-0.3, -0.25) is 0 Å². The van der Waals surface area contributed by atoms with Crippen LogP contribution in [0.4, 0.5) is 4.79 Å². The summed E-state index contributed by atoms with van der Waals surface area (Å²) in [5, 5.41) is 10.4. The van der Waals surface area contributed by atoms with Crippen LogP contribution in [0.5, 0.6) is 5.75 Å². The van der Waals surface area contributed by atoms with Gasteiger partial charge in [0.2, 0.25) is 0 Å². The van der Waals surface area contributed by atoms with Crippen molar-refractivity contribution >= 4 is 6.09 Å². The van der Waals surface area contributed by atoms with Crippen LogP contribution in [0.3, 0.4) is 0 Å². The number of hydrogen-bond acceptors (Lipinski definition) is 3. The number of ether oxygens (including phenoxy) is 1. The zero-order valence-corrected chi connectivity index (χ0v) is 20.0. The molecule has 1 amide bonds. The number of carbonyl (C=O) groups excluding carboxylic acids is 1. The van der Waals surface area contributed by atoms with E-state index in [0.717, 1.165) is 57.2 Å². The Morgan fingerprint density at radius 3 is 2.56 bits per heavy atom. The third-order valence-electron chi connectivity index (χ3n) is 7.00. The summed E-state index contributed by atoms with van der Waals surface area (Å²) in [6, 6.07) is 12.9. The number of phenols is 1. The smallest absolute Gasteiger partial charge is 0.410 e. The fourth-order valence-corrected chi connectivity index (χ4v) is 5.44. The van der Waals surface area contributed by atoms with Gasteiger partial charge in [-0.1, -0.05) is 37.3 Å². The molecule has 0 aromatic heterocycles. The predicted octanol–water partition coefficient (Wildman–Crippen LogP) is 6.34. The number of carbonyl (C=O) groups is 1. The molecule has 4 rings (SSSR count). The first-order valence-electron chi connectivity index (χ1n) is 12.2. The monoisotopic (exact) mass is 435 g/mol. The summed E-state index contributed by atoms with van der Waals surface area (Å²) in [6.07, 6.45) is 5.94. The number of likely N-dealkylation sites (tertiary alicyclic amines) is 1. The predicted molar refractivity (Wildman–Crippen MR) is 128 cm³/mol. The molecule has 0 saturated carbocycles.